The third-order valence-corrected chi connectivity index (χ3v) is 3.28. The number of rotatable bonds is 6. The van der Waals surface area contributed by atoms with Crippen LogP contribution >= 0.6 is 0 Å². The van der Waals surface area contributed by atoms with Gasteiger partial charge in [-0.3, -0.25) is 0 Å². The van der Waals surface area contributed by atoms with Gasteiger partial charge in [-0.05, 0) is 30.2 Å². The number of hydrogen-bond donors (Lipinski definition) is 1. The standard InChI is InChI=1S/C18H21NO2/c1-3-19-17(18(20)21-4-2)16-12-10-15(11-13-16)14-8-6-5-7-9-14/h5-13,17,19H,3-4H2,1-2H3. The maximum atomic E-state index is 12.0. The van der Waals surface area contributed by atoms with Crippen LogP contribution in [0.15, 0.2) is 54.6 Å². The van der Waals surface area contributed by atoms with Gasteiger partial charge in [0.1, 0.15) is 6.04 Å². The Balaban J connectivity index is 2.21. The van der Waals surface area contributed by atoms with Gasteiger partial charge in [0.05, 0.1) is 6.61 Å². The van der Waals surface area contributed by atoms with Crippen LogP contribution < -0.4 is 5.32 Å². The third-order valence-electron chi connectivity index (χ3n) is 3.28. The first-order valence-corrected chi connectivity index (χ1v) is 7.31. The monoisotopic (exact) mass is 283 g/mol. The Hall–Kier alpha value is -2.13. The van der Waals surface area contributed by atoms with Gasteiger partial charge in [0, 0.05) is 0 Å². The molecule has 0 heterocycles. The van der Waals surface area contributed by atoms with Crippen LogP contribution in [0.1, 0.15) is 25.5 Å². The van der Waals surface area contributed by atoms with Crippen molar-refractivity contribution in [3.05, 3.63) is 60.2 Å². The highest BCUT2D eigenvalue weighted by molar-refractivity contribution is 5.78. The van der Waals surface area contributed by atoms with Crippen molar-refractivity contribution in [2.45, 2.75) is 19.9 Å². The molecule has 110 valence electrons. The topological polar surface area (TPSA) is 38.3 Å². The normalized spacial score (nSPS) is 11.9. The lowest BCUT2D eigenvalue weighted by Crippen LogP contribution is -2.30. The Morgan fingerprint density at radius 1 is 1.00 bits per heavy atom. The number of likely N-dealkylation sites (N-methyl/N-ethyl adjacent to an activating group) is 1. The number of ether oxygens (including phenoxy) is 1. The fourth-order valence-corrected chi connectivity index (χ4v) is 2.27. The van der Waals surface area contributed by atoms with Gasteiger partial charge in [-0.2, -0.15) is 0 Å². The highest BCUT2D eigenvalue weighted by Crippen LogP contribution is 2.22. The largest absolute Gasteiger partial charge is 0.465 e. The molecule has 0 saturated carbocycles. The summed E-state index contributed by atoms with van der Waals surface area (Å²) in [5.74, 6) is -0.230. The number of hydrogen-bond acceptors (Lipinski definition) is 3. The van der Waals surface area contributed by atoms with Crippen molar-refractivity contribution in [3.63, 3.8) is 0 Å². The smallest absolute Gasteiger partial charge is 0.327 e. The Bertz CT molecular complexity index is 564. The number of esters is 1. The van der Waals surface area contributed by atoms with E-state index in [4.69, 9.17) is 4.74 Å². The van der Waals surface area contributed by atoms with Crippen LogP contribution in [-0.4, -0.2) is 19.1 Å². The lowest BCUT2D eigenvalue weighted by atomic mass is 10.0. The fraction of sp³-hybridized carbons (Fsp3) is 0.278. The Kier molecular flexibility index (Phi) is 5.52. The second-order valence-corrected chi connectivity index (χ2v) is 4.73. The summed E-state index contributed by atoms with van der Waals surface area (Å²) in [4.78, 5) is 12.0. The first-order valence-electron chi connectivity index (χ1n) is 7.31. The molecule has 1 N–H and O–H groups in total. The number of carbonyl (C=O) groups excluding carboxylic acids is 1. The number of benzene rings is 2. The minimum Gasteiger partial charge on any atom is -0.465 e. The molecule has 21 heavy (non-hydrogen) atoms. The molecular weight excluding hydrogens is 262 g/mol. The van der Waals surface area contributed by atoms with Gasteiger partial charge in [-0.15, -0.1) is 0 Å². The predicted molar refractivity (Wildman–Crippen MR) is 84.9 cm³/mol. The van der Waals surface area contributed by atoms with E-state index in [1.54, 1.807) is 0 Å². The van der Waals surface area contributed by atoms with E-state index in [-0.39, 0.29) is 5.97 Å². The molecule has 0 saturated heterocycles. The van der Waals surface area contributed by atoms with Crippen molar-refractivity contribution >= 4 is 5.97 Å². The van der Waals surface area contributed by atoms with Crippen molar-refractivity contribution in [1.29, 1.82) is 0 Å². The Morgan fingerprint density at radius 2 is 1.62 bits per heavy atom. The van der Waals surface area contributed by atoms with E-state index < -0.39 is 6.04 Å². The lowest BCUT2D eigenvalue weighted by molar-refractivity contribution is -0.145. The van der Waals surface area contributed by atoms with Crippen molar-refractivity contribution < 1.29 is 9.53 Å². The van der Waals surface area contributed by atoms with Gasteiger partial charge < -0.3 is 10.1 Å². The molecule has 1 unspecified atom stereocenters. The van der Waals surface area contributed by atoms with Gasteiger partial charge >= 0.3 is 5.97 Å². The Morgan fingerprint density at radius 3 is 2.19 bits per heavy atom. The van der Waals surface area contributed by atoms with E-state index in [1.165, 1.54) is 5.56 Å². The van der Waals surface area contributed by atoms with Crippen LogP contribution in [-0.2, 0) is 9.53 Å². The van der Waals surface area contributed by atoms with Crippen LogP contribution in [0.4, 0.5) is 0 Å². The molecule has 0 aromatic heterocycles. The predicted octanol–water partition coefficient (Wildman–Crippen LogP) is 3.57. The molecule has 0 aliphatic heterocycles. The molecule has 0 spiro atoms. The average Bonchev–Trinajstić information content (AvgIpc) is 2.54. The summed E-state index contributed by atoms with van der Waals surface area (Å²) in [6.45, 7) is 4.90. The zero-order valence-corrected chi connectivity index (χ0v) is 12.5. The molecule has 0 radical (unpaired) electrons. The van der Waals surface area contributed by atoms with Crippen molar-refractivity contribution in [2.75, 3.05) is 13.2 Å². The molecule has 2 aromatic carbocycles. The lowest BCUT2D eigenvalue weighted by Gasteiger charge is -2.17. The van der Waals surface area contributed by atoms with Crippen LogP contribution in [0.5, 0.6) is 0 Å². The van der Waals surface area contributed by atoms with Gasteiger partial charge in [-0.25, -0.2) is 4.79 Å². The van der Waals surface area contributed by atoms with Crippen LogP contribution in [0, 0.1) is 0 Å². The van der Waals surface area contributed by atoms with E-state index in [2.05, 4.69) is 17.4 Å². The zero-order chi connectivity index (χ0) is 15.1. The van der Waals surface area contributed by atoms with Crippen LogP contribution in [0.25, 0.3) is 11.1 Å². The molecule has 2 aromatic rings. The number of nitrogens with one attached hydrogen (secondary N) is 1. The van der Waals surface area contributed by atoms with Crippen LogP contribution in [0.3, 0.4) is 0 Å². The second-order valence-electron chi connectivity index (χ2n) is 4.73. The average molecular weight is 283 g/mol. The van der Waals surface area contributed by atoms with E-state index in [0.29, 0.717) is 13.2 Å². The minimum absolute atomic E-state index is 0.230. The SMILES string of the molecule is CCNC(C(=O)OCC)c1ccc(-c2ccccc2)cc1. The summed E-state index contributed by atoms with van der Waals surface area (Å²) in [6.07, 6.45) is 0. The molecule has 0 amide bonds. The molecule has 3 nitrogen and oxygen atoms in total. The minimum atomic E-state index is -0.403. The molecule has 2 rings (SSSR count). The molecule has 0 fully saturated rings. The Labute approximate surface area is 126 Å². The summed E-state index contributed by atoms with van der Waals surface area (Å²) in [6, 6.07) is 17.8. The molecule has 0 aliphatic carbocycles. The highest BCUT2D eigenvalue weighted by Gasteiger charge is 2.20. The van der Waals surface area contributed by atoms with E-state index in [0.717, 1.165) is 11.1 Å². The van der Waals surface area contributed by atoms with Gasteiger partial charge in [0.2, 0.25) is 0 Å². The van der Waals surface area contributed by atoms with Crippen molar-refractivity contribution in [3.8, 4) is 11.1 Å². The maximum absolute atomic E-state index is 12.0. The summed E-state index contributed by atoms with van der Waals surface area (Å²) in [5, 5.41) is 3.17. The number of carbonyl (C=O) groups is 1. The molecule has 0 bridgehead atoms. The quantitative estimate of drug-likeness (QED) is 0.824. The maximum Gasteiger partial charge on any atom is 0.327 e. The zero-order valence-electron chi connectivity index (χ0n) is 12.5. The van der Waals surface area contributed by atoms with Gasteiger partial charge in [-0.1, -0.05) is 61.5 Å². The van der Waals surface area contributed by atoms with E-state index in [9.17, 15) is 4.79 Å². The van der Waals surface area contributed by atoms with Crippen LogP contribution in [0.2, 0.25) is 0 Å². The van der Waals surface area contributed by atoms with Gasteiger partial charge in [0.15, 0.2) is 0 Å². The first-order chi connectivity index (χ1) is 10.3. The van der Waals surface area contributed by atoms with Crippen molar-refractivity contribution in [1.82, 2.24) is 5.32 Å². The van der Waals surface area contributed by atoms with E-state index >= 15 is 0 Å². The molecule has 1 atom stereocenters. The molecular formula is C18H21NO2. The molecule has 0 aliphatic rings. The summed E-state index contributed by atoms with van der Waals surface area (Å²) in [7, 11) is 0. The van der Waals surface area contributed by atoms with Crippen molar-refractivity contribution in [2.24, 2.45) is 0 Å². The summed E-state index contributed by atoms with van der Waals surface area (Å²) >= 11 is 0. The third kappa shape index (κ3) is 3.92. The second kappa shape index (κ2) is 7.60. The summed E-state index contributed by atoms with van der Waals surface area (Å²) in [5.41, 5.74) is 3.23. The first kappa shape index (κ1) is 15.3. The van der Waals surface area contributed by atoms with Gasteiger partial charge in [0.25, 0.3) is 0 Å². The molecule has 3 heteroatoms. The highest BCUT2D eigenvalue weighted by atomic mass is 16.5. The summed E-state index contributed by atoms with van der Waals surface area (Å²) < 4.78 is 5.12. The van der Waals surface area contributed by atoms with E-state index in [1.807, 2.05) is 56.3 Å². The fourth-order valence-electron chi connectivity index (χ4n) is 2.27.